The lowest BCUT2D eigenvalue weighted by molar-refractivity contribution is -0.662. The Labute approximate surface area is 113 Å². The van der Waals surface area contributed by atoms with Crippen LogP contribution in [0.3, 0.4) is 0 Å². The molecule has 0 saturated heterocycles. The molecule has 0 amide bonds. The number of nitrogens with zero attached hydrogens (tertiary/aromatic N) is 2. The number of hydrogen-bond donors (Lipinski definition) is 0. The number of allylic oxidation sites excluding steroid dienone is 2. The first kappa shape index (κ1) is 11.8. The zero-order valence-corrected chi connectivity index (χ0v) is 11.2. The predicted molar refractivity (Wildman–Crippen MR) is 75.7 cm³/mol. The lowest BCUT2D eigenvalue weighted by Gasteiger charge is -2.23. The van der Waals surface area contributed by atoms with Gasteiger partial charge in [0.1, 0.15) is 7.05 Å². The van der Waals surface area contributed by atoms with E-state index in [4.69, 9.17) is 4.42 Å². The largest absolute Gasteiger partial charge is 0.406 e. The van der Waals surface area contributed by atoms with Gasteiger partial charge in [-0.1, -0.05) is 18.2 Å². The minimum absolute atomic E-state index is 0.885. The summed E-state index contributed by atoms with van der Waals surface area (Å²) in [7, 11) is 1.99. The molecule has 3 heteroatoms. The van der Waals surface area contributed by atoms with Crippen molar-refractivity contribution in [1.29, 1.82) is 0 Å². The number of benzene rings is 1. The van der Waals surface area contributed by atoms with Crippen LogP contribution >= 0.6 is 0 Å². The van der Waals surface area contributed by atoms with Crippen LogP contribution < -0.4 is 9.47 Å². The van der Waals surface area contributed by atoms with E-state index in [1.807, 2.05) is 17.8 Å². The van der Waals surface area contributed by atoms with Crippen LogP contribution in [-0.2, 0) is 7.05 Å². The molecule has 2 heterocycles. The minimum Gasteiger partial charge on any atom is -0.406 e. The van der Waals surface area contributed by atoms with Gasteiger partial charge in [0.15, 0.2) is 6.26 Å². The highest BCUT2D eigenvalue weighted by Gasteiger charge is 2.19. The quantitative estimate of drug-likeness (QED) is 0.767. The molecule has 0 bridgehead atoms. The van der Waals surface area contributed by atoms with Crippen molar-refractivity contribution in [2.24, 2.45) is 7.05 Å². The smallest absolute Gasteiger partial charge is 0.380 e. The highest BCUT2D eigenvalue weighted by atomic mass is 16.3. The summed E-state index contributed by atoms with van der Waals surface area (Å²) < 4.78 is 7.58. The molecule has 0 atom stereocenters. The zero-order chi connectivity index (χ0) is 13.2. The van der Waals surface area contributed by atoms with Gasteiger partial charge in [0.05, 0.1) is 5.56 Å². The summed E-state index contributed by atoms with van der Waals surface area (Å²) in [5, 5.41) is 0. The van der Waals surface area contributed by atoms with Crippen LogP contribution in [0.15, 0.2) is 59.5 Å². The summed E-state index contributed by atoms with van der Waals surface area (Å²) in [5.41, 5.74) is 3.58. The standard InChI is InChI=1S/C16H17N2O/c1-13-14(16-17(2)11-12-19-16)7-6-8-15(13)18-9-4-3-5-10-18/h3-9,11-12H,10H2,1-2H3/q+1. The molecule has 0 N–H and O–H groups in total. The van der Waals surface area contributed by atoms with Gasteiger partial charge in [-0.05, 0) is 30.7 Å². The SMILES string of the molecule is Cc1c(-c2occ[n+]2C)cccc1N1C=CC=CC1. The normalized spacial score (nSPS) is 14.1. The maximum absolute atomic E-state index is 5.59. The van der Waals surface area contributed by atoms with E-state index in [2.05, 4.69) is 54.5 Å². The number of oxazole rings is 1. The Bertz CT molecular complexity index is 653. The minimum atomic E-state index is 0.885. The van der Waals surface area contributed by atoms with Crippen LogP contribution in [0.5, 0.6) is 0 Å². The van der Waals surface area contributed by atoms with Crippen molar-refractivity contribution >= 4 is 5.69 Å². The highest BCUT2D eigenvalue weighted by molar-refractivity contribution is 5.69. The lowest BCUT2D eigenvalue weighted by atomic mass is 10.1. The van der Waals surface area contributed by atoms with Gasteiger partial charge in [-0.15, -0.1) is 0 Å². The summed E-state index contributed by atoms with van der Waals surface area (Å²) in [6, 6.07) is 6.32. The summed E-state index contributed by atoms with van der Waals surface area (Å²) in [6.45, 7) is 3.05. The molecule has 1 aromatic heterocycles. The first-order chi connectivity index (χ1) is 9.27. The molecule has 96 valence electrons. The fourth-order valence-electron chi connectivity index (χ4n) is 2.40. The number of hydrogen-bond acceptors (Lipinski definition) is 2. The van der Waals surface area contributed by atoms with Crippen LogP contribution in [0.4, 0.5) is 5.69 Å². The van der Waals surface area contributed by atoms with Gasteiger partial charge < -0.3 is 9.32 Å². The Balaban J connectivity index is 2.07. The fourth-order valence-corrected chi connectivity index (χ4v) is 2.40. The molecule has 1 aliphatic rings. The van der Waals surface area contributed by atoms with E-state index < -0.39 is 0 Å². The molecular formula is C16H17N2O+. The Morgan fingerprint density at radius 3 is 2.84 bits per heavy atom. The molecule has 0 unspecified atom stereocenters. The Morgan fingerprint density at radius 1 is 1.26 bits per heavy atom. The van der Waals surface area contributed by atoms with E-state index in [9.17, 15) is 0 Å². The second kappa shape index (κ2) is 4.76. The number of rotatable bonds is 2. The summed E-state index contributed by atoms with van der Waals surface area (Å²) in [6.07, 6.45) is 12.0. The molecular weight excluding hydrogens is 236 g/mol. The second-order valence-electron chi connectivity index (χ2n) is 4.69. The molecule has 0 aliphatic carbocycles. The average molecular weight is 253 g/mol. The monoisotopic (exact) mass is 253 g/mol. The Hall–Kier alpha value is -2.29. The van der Waals surface area contributed by atoms with Gasteiger partial charge in [0.2, 0.25) is 6.20 Å². The van der Waals surface area contributed by atoms with Crippen molar-refractivity contribution in [2.45, 2.75) is 6.92 Å². The van der Waals surface area contributed by atoms with E-state index in [0.29, 0.717) is 0 Å². The number of anilines is 1. The molecule has 19 heavy (non-hydrogen) atoms. The summed E-state index contributed by atoms with van der Waals surface area (Å²) in [5.74, 6) is 0.885. The van der Waals surface area contributed by atoms with Crippen molar-refractivity contribution in [3.05, 3.63) is 60.7 Å². The van der Waals surface area contributed by atoms with Gasteiger partial charge in [-0.25, -0.2) is 0 Å². The first-order valence-electron chi connectivity index (χ1n) is 6.40. The van der Waals surface area contributed by atoms with Crippen LogP contribution in [0, 0.1) is 6.92 Å². The molecule has 1 aliphatic heterocycles. The van der Waals surface area contributed by atoms with E-state index in [1.165, 1.54) is 11.3 Å². The second-order valence-corrected chi connectivity index (χ2v) is 4.69. The zero-order valence-electron chi connectivity index (χ0n) is 11.2. The van der Waals surface area contributed by atoms with Crippen LogP contribution in [0.25, 0.3) is 11.5 Å². The van der Waals surface area contributed by atoms with Gasteiger partial charge in [-0.2, -0.15) is 4.57 Å². The third-order valence-electron chi connectivity index (χ3n) is 3.44. The van der Waals surface area contributed by atoms with Crippen molar-refractivity contribution in [1.82, 2.24) is 0 Å². The third kappa shape index (κ3) is 2.08. The van der Waals surface area contributed by atoms with Gasteiger partial charge in [0.25, 0.3) is 0 Å². The summed E-state index contributed by atoms with van der Waals surface area (Å²) in [4.78, 5) is 2.24. The van der Waals surface area contributed by atoms with E-state index in [1.54, 1.807) is 6.26 Å². The van der Waals surface area contributed by atoms with Crippen LogP contribution in [-0.4, -0.2) is 6.54 Å². The van der Waals surface area contributed by atoms with Crippen LogP contribution in [0.1, 0.15) is 5.56 Å². The topological polar surface area (TPSA) is 20.3 Å². The van der Waals surface area contributed by atoms with E-state index in [0.717, 1.165) is 18.0 Å². The first-order valence-corrected chi connectivity index (χ1v) is 6.40. The van der Waals surface area contributed by atoms with Gasteiger partial charge in [-0.3, -0.25) is 0 Å². The fraction of sp³-hybridized carbons (Fsp3) is 0.188. The van der Waals surface area contributed by atoms with Gasteiger partial charge >= 0.3 is 5.89 Å². The van der Waals surface area contributed by atoms with Crippen molar-refractivity contribution < 1.29 is 8.98 Å². The molecule has 0 saturated carbocycles. The molecule has 0 radical (unpaired) electrons. The number of aromatic nitrogens is 1. The van der Waals surface area contributed by atoms with E-state index >= 15 is 0 Å². The molecule has 1 aromatic carbocycles. The highest BCUT2D eigenvalue weighted by Crippen LogP contribution is 2.29. The maximum Gasteiger partial charge on any atom is 0.380 e. The van der Waals surface area contributed by atoms with E-state index in [-0.39, 0.29) is 0 Å². The summed E-state index contributed by atoms with van der Waals surface area (Å²) >= 11 is 0. The third-order valence-corrected chi connectivity index (χ3v) is 3.44. The maximum atomic E-state index is 5.59. The molecule has 3 nitrogen and oxygen atoms in total. The molecule has 0 fully saturated rings. The van der Waals surface area contributed by atoms with Crippen molar-refractivity contribution in [3.63, 3.8) is 0 Å². The predicted octanol–water partition coefficient (Wildman–Crippen LogP) is 2.97. The van der Waals surface area contributed by atoms with Gasteiger partial charge in [0, 0.05) is 18.4 Å². The Morgan fingerprint density at radius 2 is 2.16 bits per heavy atom. The van der Waals surface area contributed by atoms with Crippen molar-refractivity contribution in [2.75, 3.05) is 11.4 Å². The Kier molecular flexibility index (Phi) is 2.95. The van der Waals surface area contributed by atoms with Crippen LogP contribution in [0.2, 0.25) is 0 Å². The lowest BCUT2D eigenvalue weighted by Crippen LogP contribution is -2.27. The average Bonchev–Trinajstić information content (AvgIpc) is 2.86. The molecule has 3 rings (SSSR count). The molecule has 0 spiro atoms. The number of aryl methyl sites for hydroxylation is 1. The van der Waals surface area contributed by atoms with Crippen molar-refractivity contribution in [3.8, 4) is 11.5 Å². The molecule has 2 aromatic rings.